The maximum atomic E-state index is 12.6. The van der Waals surface area contributed by atoms with Gasteiger partial charge < -0.3 is 20.1 Å². The minimum Gasteiger partial charge on any atom is -0.495 e. The first-order chi connectivity index (χ1) is 9.04. The number of carbonyl (C=O) groups is 1. The summed E-state index contributed by atoms with van der Waals surface area (Å²) in [6.07, 6.45) is 0. The van der Waals surface area contributed by atoms with E-state index in [1.807, 2.05) is 25.1 Å². The van der Waals surface area contributed by atoms with Crippen LogP contribution in [-0.2, 0) is 9.53 Å². The summed E-state index contributed by atoms with van der Waals surface area (Å²) >= 11 is 0. The summed E-state index contributed by atoms with van der Waals surface area (Å²) in [4.78, 5) is 14.2. The normalized spacial score (nSPS) is 16.6. The van der Waals surface area contributed by atoms with Gasteiger partial charge in [0.2, 0.25) is 5.91 Å². The molecule has 0 bridgehead atoms. The molecule has 1 amide bonds. The summed E-state index contributed by atoms with van der Waals surface area (Å²) in [6.45, 7) is 3.05. The molecule has 2 rings (SSSR count). The fourth-order valence-electron chi connectivity index (χ4n) is 2.20. The van der Waals surface area contributed by atoms with Gasteiger partial charge in [0.25, 0.3) is 0 Å². The molecule has 5 heteroatoms. The number of nitrogens with two attached hydrogens (primary N) is 1. The molecular weight excluding hydrogens is 244 g/mol. The van der Waals surface area contributed by atoms with E-state index in [0.717, 1.165) is 11.3 Å². The number of methoxy groups -OCH3 is 1. The monoisotopic (exact) mass is 264 g/mol. The summed E-state index contributed by atoms with van der Waals surface area (Å²) in [5.41, 5.74) is 6.98. The van der Waals surface area contributed by atoms with Gasteiger partial charge in [-0.25, -0.2) is 0 Å². The van der Waals surface area contributed by atoms with Crippen LogP contribution < -0.4 is 15.4 Å². The Bertz CT molecular complexity index is 478. The van der Waals surface area contributed by atoms with Crippen molar-refractivity contribution in [2.24, 2.45) is 11.1 Å². The van der Waals surface area contributed by atoms with Gasteiger partial charge in [0.15, 0.2) is 0 Å². The van der Waals surface area contributed by atoms with Crippen LogP contribution in [0.3, 0.4) is 0 Å². The third-order valence-electron chi connectivity index (χ3n) is 3.60. The lowest BCUT2D eigenvalue weighted by Gasteiger charge is -2.41. The number of aryl methyl sites for hydroxylation is 1. The highest BCUT2D eigenvalue weighted by molar-refractivity contribution is 5.99. The molecule has 0 spiro atoms. The third kappa shape index (κ3) is 2.31. The zero-order chi connectivity index (χ0) is 14.0. The van der Waals surface area contributed by atoms with Crippen molar-refractivity contribution in [3.63, 3.8) is 0 Å². The Balaban J connectivity index is 2.31. The molecule has 0 saturated carbocycles. The second kappa shape index (κ2) is 5.19. The number of amides is 1. The lowest BCUT2D eigenvalue weighted by Crippen LogP contribution is -2.58. The summed E-state index contributed by atoms with van der Waals surface area (Å²) in [5.74, 6) is 0.652. The average Bonchev–Trinajstić information content (AvgIpc) is 2.37. The van der Waals surface area contributed by atoms with Crippen molar-refractivity contribution in [3.8, 4) is 5.75 Å². The molecule has 1 aromatic carbocycles. The minimum absolute atomic E-state index is 0.0230. The first-order valence-electron chi connectivity index (χ1n) is 6.25. The Kier molecular flexibility index (Phi) is 3.78. The smallest absolute Gasteiger partial charge is 0.239 e. The average molecular weight is 264 g/mol. The predicted octanol–water partition coefficient (Wildman–Crippen LogP) is 0.942. The lowest BCUT2D eigenvalue weighted by atomic mass is 9.84. The molecular formula is C14H20N2O3. The Morgan fingerprint density at radius 1 is 1.53 bits per heavy atom. The quantitative estimate of drug-likeness (QED) is 0.879. The van der Waals surface area contributed by atoms with Gasteiger partial charge in [0.1, 0.15) is 11.2 Å². The Morgan fingerprint density at radius 2 is 2.21 bits per heavy atom. The molecule has 0 radical (unpaired) electrons. The highest BCUT2D eigenvalue weighted by Crippen LogP contribution is 2.34. The van der Waals surface area contributed by atoms with Gasteiger partial charge >= 0.3 is 0 Å². The zero-order valence-corrected chi connectivity index (χ0v) is 11.6. The van der Waals surface area contributed by atoms with Gasteiger partial charge in [-0.05, 0) is 24.6 Å². The van der Waals surface area contributed by atoms with Gasteiger partial charge in [-0.3, -0.25) is 4.79 Å². The minimum atomic E-state index is -0.580. The van der Waals surface area contributed by atoms with Gasteiger partial charge in [0.05, 0.1) is 26.0 Å². The van der Waals surface area contributed by atoms with Crippen molar-refractivity contribution >= 4 is 11.6 Å². The Hall–Kier alpha value is -1.59. The summed E-state index contributed by atoms with van der Waals surface area (Å²) in [6, 6.07) is 5.74. The molecule has 1 saturated heterocycles. The molecule has 0 aromatic heterocycles. The Morgan fingerprint density at radius 3 is 2.68 bits per heavy atom. The molecule has 104 valence electrons. The topological polar surface area (TPSA) is 64.8 Å². The summed E-state index contributed by atoms with van der Waals surface area (Å²) in [5, 5.41) is 0. The van der Waals surface area contributed by atoms with E-state index < -0.39 is 5.41 Å². The maximum Gasteiger partial charge on any atom is 0.239 e. The summed E-state index contributed by atoms with van der Waals surface area (Å²) < 4.78 is 10.5. The van der Waals surface area contributed by atoms with Gasteiger partial charge in [0, 0.05) is 13.6 Å². The van der Waals surface area contributed by atoms with Crippen LogP contribution in [0.5, 0.6) is 5.75 Å². The number of benzene rings is 1. The molecule has 0 unspecified atom stereocenters. The molecule has 1 heterocycles. The SMILES string of the molecule is COc1ccc(C)cc1N(C)C(=O)C1(CN)COC1. The highest BCUT2D eigenvalue weighted by atomic mass is 16.5. The molecule has 1 aliphatic heterocycles. The number of hydrogen-bond donors (Lipinski definition) is 1. The van der Waals surface area contributed by atoms with E-state index in [0.29, 0.717) is 25.5 Å². The first kappa shape index (κ1) is 13.8. The molecule has 1 fully saturated rings. The van der Waals surface area contributed by atoms with Crippen LogP contribution in [0.25, 0.3) is 0 Å². The van der Waals surface area contributed by atoms with E-state index in [2.05, 4.69) is 0 Å². The summed E-state index contributed by atoms with van der Waals surface area (Å²) in [7, 11) is 3.34. The molecule has 5 nitrogen and oxygen atoms in total. The second-order valence-corrected chi connectivity index (χ2v) is 5.02. The van der Waals surface area contributed by atoms with E-state index in [-0.39, 0.29) is 5.91 Å². The van der Waals surface area contributed by atoms with Crippen molar-refractivity contribution in [2.75, 3.05) is 38.8 Å². The molecule has 0 atom stereocenters. The standard InChI is InChI=1S/C14H20N2O3/c1-10-4-5-12(18-3)11(6-10)16(2)13(17)14(7-15)8-19-9-14/h4-6H,7-9,15H2,1-3H3. The van der Waals surface area contributed by atoms with E-state index >= 15 is 0 Å². The first-order valence-corrected chi connectivity index (χ1v) is 6.25. The number of anilines is 1. The van der Waals surface area contributed by atoms with Crippen molar-refractivity contribution < 1.29 is 14.3 Å². The van der Waals surface area contributed by atoms with Crippen LogP contribution in [0.15, 0.2) is 18.2 Å². The zero-order valence-electron chi connectivity index (χ0n) is 11.6. The fourth-order valence-corrected chi connectivity index (χ4v) is 2.20. The van der Waals surface area contributed by atoms with E-state index in [1.165, 1.54) is 0 Å². The van der Waals surface area contributed by atoms with E-state index in [1.54, 1.807) is 19.1 Å². The molecule has 0 aliphatic carbocycles. The predicted molar refractivity (Wildman–Crippen MR) is 73.4 cm³/mol. The van der Waals surface area contributed by atoms with E-state index in [9.17, 15) is 4.79 Å². The van der Waals surface area contributed by atoms with Crippen molar-refractivity contribution in [1.29, 1.82) is 0 Å². The molecule has 1 aromatic rings. The van der Waals surface area contributed by atoms with Crippen LogP contribution in [-0.4, -0.2) is 39.8 Å². The number of nitrogens with zero attached hydrogens (tertiary/aromatic N) is 1. The van der Waals surface area contributed by atoms with Crippen molar-refractivity contribution in [1.82, 2.24) is 0 Å². The molecule has 19 heavy (non-hydrogen) atoms. The maximum absolute atomic E-state index is 12.6. The fraction of sp³-hybridized carbons (Fsp3) is 0.500. The second-order valence-electron chi connectivity index (χ2n) is 5.02. The largest absolute Gasteiger partial charge is 0.495 e. The van der Waals surface area contributed by atoms with E-state index in [4.69, 9.17) is 15.2 Å². The lowest BCUT2D eigenvalue weighted by molar-refractivity contribution is -0.156. The number of carbonyl (C=O) groups excluding carboxylic acids is 1. The molecule has 2 N–H and O–H groups in total. The van der Waals surface area contributed by atoms with Gasteiger partial charge in [-0.15, -0.1) is 0 Å². The van der Waals surface area contributed by atoms with Crippen LogP contribution in [0, 0.1) is 12.3 Å². The number of hydrogen-bond acceptors (Lipinski definition) is 4. The van der Waals surface area contributed by atoms with Gasteiger partial charge in [-0.2, -0.15) is 0 Å². The third-order valence-corrected chi connectivity index (χ3v) is 3.60. The van der Waals surface area contributed by atoms with Crippen LogP contribution >= 0.6 is 0 Å². The van der Waals surface area contributed by atoms with Gasteiger partial charge in [-0.1, -0.05) is 6.07 Å². The molecule has 1 aliphatic rings. The number of ether oxygens (including phenoxy) is 2. The van der Waals surface area contributed by atoms with Crippen molar-refractivity contribution in [2.45, 2.75) is 6.92 Å². The number of rotatable bonds is 4. The van der Waals surface area contributed by atoms with Crippen LogP contribution in [0.4, 0.5) is 5.69 Å². The van der Waals surface area contributed by atoms with Crippen molar-refractivity contribution in [3.05, 3.63) is 23.8 Å². The van der Waals surface area contributed by atoms with Crippen LogP contribution in [0.1, 0.15) is 5.56 Å². The van der Waals surface area contributed by atoms with Crippen LogP contribution in [0.2, 0.25) is 0 Å². The Labute approximate surface area is 113 Å². The highest BCUT2D eigenvalue weighted by Gasteiger charge is 2.46.